The fourth-order valence-electron chi connectivity index (χ4n) is 4.36. The number of nitrogens with zero attached hydrogens (tertiary/aromatic N) is 7. The summed E-state index contributed by atoms with van der Waals surface area (Å²) in [5.41, 5.74) is -0.132. The van der Waals surface area contributed by atoms with E-state index in [4.69, 9.17) is 5.11 Å². The minimum absolute atomic E-state index is 0. The lowest BCUT2D eigenvalue weighted by molar-refractivity contribution is -0.119. The van der Waals surface area contributed by atoms with E-state index < -0.39 is 5.69 Å². The molecule has 0 aliphatic carbocycles. The molecule has 0 aromatic carbocycles. The second-order valence-corrected chi connectivity index (χ2v) is 8.00. The second kappa shape index (κ2) is 10.8. The van der Waals surface area contributed by atoms with Crippen molar-refractivity contribution in [3.63, 3.8) is 0 Å². The number of halogens is 2. The number of imidazole rings is 1. The first-order chi connectivity index (χ1) is 14.4. The number of aliphatic hydroxyl groups is 1. The van der Waals surface area contributed by atoms with E-state index in [2.05, 4.69) is 14.8 Å². The number of hydrogen-bond donors (Lipinski definition) is 1. The van der Waals surface area contributed by atoms with E-state index in [-0.39, 0.29) is 42.9 Å². The summed E-state index contributed by atoms with van der Waals surface area (Å²) in [6.45, 7) is 6.47. The number of amides is 1. The fraction of sp³-hybridized carbons (Fsp3) is 0.684. The van der Waals surface area contributed by atoms with Crippen molar-refractivity contribution in [2.45, 2.75) is 19.4 Å². The SMILES string of the molecule is Cl.Cl.Cn1c(=O)c2c(nc3n2CCC(=O)N3CCCN2CCN(CCO)CC2)n(C)c1=O. The molecule has 2 aromatic rings. The summed E-state index contributed by atoms with van der Waals surface area (Å²) in [6.07, 6.45) is 1.11. The van der Waals surface area contributed by atoms with Gasteiger partial charge in [0.25, 0.3) is 5.56 Å². The Morgan fingerprint density at radius 1 is 0.875 bits per heavy atom. The van der Waals surface area contributed by atoms with Crippen molar-refractivity contribution in [2.75, 3.05) is 57.3 Å². The Morgan fingerprint density at radius 2 is 1.50 bits per heavy atom. The third-order valence-corrected chi connectivity index (χ3v) is 6.16. The highest BCUT2D eigenvalue weighted by atomic mass is 35.5. The lowest BCUT2D eigenvalue weighted by Gasteiger charge is -2.35. The number of rotatable bonds is 6. The Labute approximate surface area is 198 Å². The van der Waals surface area contributed by atoms with E-state index >= 15 is 0 Å². The number of carbonyl (C=O) groups is 1. The number of fused-ring (bicyclic) bond motifs is 3. The minimum Gasteiger partial charge on any atom is -0.395 e. The van der Waals surface area contributed by atoms with Crippen LogP contribution in [0.25, 0.3) is 11.2 Å². The average molecular weight is 492 g/mol. The first kappa shape index (κ1) is 26.3. The van der Waals surface area contributed by atoms with Crippen LogP contribution in [0.3, 0.4) is 0 Å². The van der Waals surface area contributed by atoms with Crippen LogP contribution in [-0.4, -0.2) is 91.9 Å². The van der Waals surface area contributed by atoms with Crippen LogP contribution in [0.1, 0.15) is 12.8 Å². The van der Waals surface area contributed by atoms with Crippen molar-refractivity contribution in [3.05, 3.63) is 20.8 Å². The average Bonchev–Trinajstić information content (AvgIpc) is 3.13. The lowest BCUT2D eigenvalue weighted by atomic mass is 10.2. The van der Waals surface area contributed by atoms with Gasteiger partial charge < -0.3 is 14.6 Å². The number of aromatic nitrogens is 4. The highest BCUT2D eigenvalue weighted by molar-refractivity contribution is 5.95. The summed E-state index contributed by atoms with van der Waals surface area (Å²) in [5, 5.41) is 9.05. The molecule has 1 N–H and O–H groups in total. The maximum absolute atomic E-state index is 12.7. The normalized spacial score (nSPS) is 17.2. The van der Waals surface area contributed by atoms with Gasteiger partial charge in [-0.3, -0.25) is 28.5 Å². The molecule has 2 aliphatic rings. The van der Waals surface area contributed by atoms with E-state index in [0.717, 1.165) is 43.7 Å². The Balaban J connectivity index is 0.00000181. The van der Waals surface area contributed by atoms with E-state index in [1.807, 2.05) is 0 Å². The Kier molecular flexibility index (Phi) is 8.89. The molecule has 180 valence electrons. The van der Waals surface area contributed by atoms with Crippen molar-refractivity contribution in [1.82, 2.24) is 28.5 Å². The lowest BCUT2D eigenvalue weighted by Crippen LogP contribution is -2.48. The molecule has 0 spiro atoms. The quantitative estimate of drug-likeness (QED) is 0.552. The molecule has 0 bridgehead atoms. The zero-order valence-electron chi connectivity index (χ0n) is 18.4. The topological polar surface area (TPSA) is 109 Å². The molecule has 1 saturated heterocycles. The molecule has 0 radical (unpaired) electrons. The largest absolute Gasteiger partial charge is 0.395 e. The van der Waals surface area contributed by atoms with Crippen LogP contribution < -0.4 is 16.1 Å². The molecule has 1 amide bonds. The molecule has 2 aromatic heterocycles. The molecule has 11 nitrogen and oxygen atoms in total. The van der Waals surface area contributed by atoms with Gasteiger partial charge in [-0.25, -0.2) is 4.79 Å². The van der Waals surface area contributed by atoms with Crippen LogP contribution in [-0.2, 0) is 25.4 Å². The number of piperazine rings is 1. The maximum Gasteiger partial charge on any atom is 0.332 e. The van der Waals surface area contributed by atoms with Crippen molar-refractivity contribution in [1.29, 1.82) is 0 Å². The smallest absolute Gasteiger partial charge is 0.332 e. The Morgan fingerprint density at radius 3 is 2.12 bits per heavy atom. The molecule has 4 heterocycles. The summed E-state index contributed by atoms with van der Waals surface area (Å²) in [5.74, 6) is 0.444. The van der Waals surface area contributed by atoms with Crippen molar-refractivity contribution in [3.8, 4) is 0 Å². The molecular formula is C19H31Cl2N7O4. The molecule has 13 heteroatoms. The van der Waals surface area contributed by atoms with E-state index in [0.29, 0.717) is 43.2 Å². The molecule has 2 aliphatic heterocycles. The van der Waals surface area contributed by atoms with Gasteiger partial charge in [-0.1, -0.05) is 0 Å². The van der Waals surface area contributed by atoms with Crippen LogP contribution in [0.4, 0.5) is 5.95 Å². The van der Waals surface area contributed by atoms with Gasteiger partial charge in [0.1, 0.15) is 0 Å². The molecule has 0 unspecified atom stereocenters. The summed E-state index contributed by atoms with van der Waals surface area (Å²) in [7, 11) is 3.04. The summed E-state index contributed by atoms with van der Waals surface area (Å²) in [4.78, 5) is 48.3. The maximum atomic E-state index is 12.7. The summed E-state index contributed by atoms with van der Waals surface area (Å²) >= 11 is 0. The van der Waals surface area contributed by atoms with Gasteiger partial charge in [-0.15, -0.1) is 24.8 Å². The van der Waals surface area contributed by atoms with Crippen molar-refractivity contribution >= 4 is 47.8 Å². The molecule has 4 rings (SSSR count). The number of aryl methyl sites for hydroxylation is 2. The van der Waals surface area contributed by atoms with Crippen LogP contribution in [0, 0.1) is 0 Å². The zero-order chi connectivity index (χ0) is 21.4. The predicted octanol–water partition coefficient (Wildman–Crippen LogP) is -0.986. The van der Waals surface area contributed by atoms with E-state index in [9.17, 15) is 14.4 Å². The summed E-state index contributed by atoms with van der Waals surface area (Å²) < 4.78 is 4.21. The van der Waals surface area contributed by atoms with Crippen molar-refractivity contribution in [2.24, 2.45) is 14.1 Å². The highest BCUT2D eigenvalue weighted by Crippen LogP contribution is 2.25. The third kappa shape index (κ3) is 4.72. The standard InChI is InChI=1S/C19H29N7O4.2ClH/c1-21-16-15(17(29)22(2)19(21)30)26-7-4-14(28)25(18(26)20-16)6-3-5-23-8-10-24(11-9-23)12-13-27;;/h27H,3-13H2,1-2H3;2*1H. The molecular weight excluding hydrogens is 461 g/mol. The van der Waals surface area contributed by atoms with E-state index in [1.165, 1.54) is 11.6 Å². The minimum atomic E-state index is -0.429. The zero-order valence-corrected chi connectivity index (χ0v) is 20.0. The summed E-state index contributed by atoms with van der Waals surface area (Å²) in [6, 6.07) is 0. The van der Waals surface area contributed by atoms with Gasteiger partial charge in [0, 0.05) is 66.3 Å². The highest BCUT2D eigenvalue weighted by Gasteiger charge is 2.30. The fourth-order valence-corrected chi connectivity index (χ4v) is 4.36. The van der Waals surface area contributed by atoms with Crippen LogP contribution in [0.5, 0.6) is 0 Å². The molecule has 32 heavy (non-hydrogen) atoms. The third-order valence-electron chi connectivity index (χ3n) is 6.16. The van der Waals surface area contributed by atoms with Crippen molar-refractivity contribution < 1.29 is 9.90 Å². The van der Waals surface area contributed by atoms with Gasteiger partial charge in [0.15, 0.2) is 11.2 Å². The monoisotopic (exact) mass is 491 g/mol. The van der Waals surface area contributed by atoms with Crippen LogP contribution in [0.15, 0.2) is 9.59 Å². The first-order valence-electron chi connectivity index (χ1n) is 10.4. The van der Waals surface area contributed by atoms with Gasteiger partial charge in [-0.05, 0) is 13.0 Å². The number of hydrogen-bond acceptors (Lipinski definition) is 7. The van der Waals surface area contributed by atoms with E-state index in [1.54, 1.807) is 16.5 Å². The second-order valence-electron chi connectivity index (χ2n) is 8.00. The van der Waals surface area contributed by atoms with Gasteiger partial charge in [0.05, 0.1) is 6.61 Å². The molecule has 0 atom stereocenters. The predicted molar refractivity (Wildman–Crippen MR) is 126 cm³/mol. The van der Waals surface area contributed by atoms with Gasteiger partial charge in [0.2, 0.25) is 11.9 Å². The van der Waals surface area contributed by atoms with Gasteiger partial charge >= 0.3 is 5.69 Å². The Hall–Kier alpha value is -1.92. The number of aliphatic hydroxyl groups excluding tert-OH is 1. The first-order valence-corrected chi connectivity index (χ1v) is 10.4. The van der Waals surface area contributed by atoms with Gasteiger partial charge in [-0.2, -0.15) is 4.98 Å². The number of β-amino-alcohol motifs (C(OH)–C–C–N with tert-alkyl or cyclic N) is 1. The van der Waals surface area contributed by atoms with Crippen LogP contribution >= 0.6 is 24.8 Å². The molecule has 0 saturated carbocycles. The molecule has 1 fully saturated rings. The number of anilines is 1. The Bertz CT molecular complexity index is 1070. The van der Waals surface area contributed by atoms with Crippen LogP contribution in [0.2, 0.25) is 0 Å². The number of carbonyl (C=O) groups excluding carboxylic acids is 1.